The van der Waals surface area contributed by atoms with Crippen molar-refractivity contribution in [3.8, 4) is 0 Å². The van der Waals surface area contributed by atoms with Crippen LogP contribution in [-0.2, 0) is 10.8 Å². The van der Waals surface area contributed by atoms with E-state index in [0.29, 0.717) is 36.3 Å². The molecule has 3 unspecified atom stereocenters. The van der Waals surface area contributed by atoms with Gasteiger partial charge in [0.05, 0.1) is 0 Å². The van der Waals surface area contributed by atoms with E-state index in [9.17, 15) is 8.60 Å². The van der Waals surface area contributed by atoms with Crippen LogP contribution in [0.1, 0.15) is 32.1 Å². The summed E-state index contributed by atoms with van der Waals surface area (Å²) in [5.41, 5.74) is 0.405. The minimum absolute atomic E-state index is 0.375. The summed E-state index contributed by atoms with van der Waals surface area (Å²) in [6, 6.07) is 0. The fourth-order valence-electron chi connectivity index (χ4n) is 4.23. The van der Waals surface area contributed by atoms with Gasteiger partial charge >= 0.3 is 0 Å². The Morgan fingerprint density at radius 2 is 2.00 bits per heavy atom. The van der Waals surface area contributed by atoms with E-state index in [2.05, 4.69) is 6.58 Å². The average molecular weight is 254 g/mol. The van der Waals surface area contributed by atoms with E-state index in [1.807, 2.05) is 5.41 Å². The van der Waals surface area contributed by atoms with Crippen LogP contribution in [0.3, 0.4) is 0 Å². The van der Waals surface area contributed by atoms with Crippen LogP contribution in [0.2, 0.25) is 0 Å². The van der Waals surface area contributed by atoms with Gasteiger partial charge in [-0.05, 0) is 49.9 Å². The second-order valence-electron chi connectivity index (χ2n) is 5.95. The summed E-state index contributed by atoms with van der Waals surface area (Å²) < 4.78 is 26.2. The minimum atomic E-state index is -0.939. The van der Waals surface area contributed by atoms with Crippen LogP contribution < -0.4 is 0 Å². The Labute approximate surface area is 105 Å². The highest BCUT2D eigenvalue weighted by Crippen LogP contribution is 2.59. The van der Waals surface area contributed by atoms with Crippen LogP contribution in [0.15, 0.2) is 23.6 Å². The number of alkyl halides is 1. The zero-order chi connectivity index (χ0) is 12.0. The maximum absolute atomic E-state index is 14.4. The van der Waals surface area contributed by atoms with Gasteiger partial charge < -0.3 is 0 Å². The molecule has 5 atom stereocenters. The highest BCUT2D eigenvalue weighted by molar-refractivity contribution is 7.88. The maximum atomic E-state index is 14.4. The lowest BCUT2D eigenvalue weighted by Crippen LogP contribution is -2.49. The van der Waals surface area contributed by atoms with Gasteiger partial charge in [-0.1, -0.05) is 11.6 Å². The van der Waals surface area contributed by atoms with E-state index >= 15 is 0 Å². The predicted octanol–water partition coefficient (Wildman–Crippen LogP) is 3.35. The molecule has 0 aliphatic heterocycles. The van der Waals surface area contributed by atoms with E-state index in [-0.39, 0.29) is 0 Å². The summed E-state index contributed by atoms with van der Waals surface area (Å²) in [7, 11) is -0.939. The van der Waals surface area contributed by atoms with Crippen molar-refractivity contribution in [1.29, 1.82) is 0 Å². The first kappa shape index (κ1) is 11.6. The highest BCUT2D eigenvalue weighted by atomic mass is 32.2. The van der Waals surface area contributed by atoms with Crippen molar-refractivity contribution >= 4 is 10.8 Å². The van der Waals surface area contributed by atoms with E-state index in [4.69, 9.17) is 0 Å². The number of hydrogen-bond acceptors (Lipinski definition) is 1. The van der Waals surface area contributed by atoms with E-state index in [1.165, 1.54) is 5.57 Å². The molecule has 0 aromatic carbocycles. The molecular formula is C14H19FOS. The molecule has 4 bridgehead atoms. The van der Waals surface area contributed by atoms with Crippen LogP contribution in [0.25, 0.3) is 0 Å². The SMILES string of the molecule is C=CCS(=O)C=C1[C@@H]2CC3C[C@H]1CC(F)(C3)C2. The van der Waals surface area contributed by atoms with Crippen LogP contribution in [0, 0.1) is 17.8 Å². The van der Waals surface area contributed by atoms with Crippen LogP contribution in [0.5, 0.6) is 0 Å². The molecule has 17 heavy (non-hydrogen) atoms. The van der Waals surface area contributed by atoms with Crippen molar-refractivity contribution in [3.63, 3.8) is 0 Å². The summed E-state index contributed by atoms with van der Waals surface area (Å²) in [4.78, 5) is 0. The van der Waals surface area contributed by atoms with E-state index < -0.39 is 16.5 Å². The van der Waals surface area contributed by atoms with Crippen LogP contribution in [0.4, 0.5) is 4.39 Å². The Hall–Kier alpha value is -0.440. The second-order valence-corrected chi connectivity index (χ2v) is 7.28. The van der Waals surface area contributed by atoms with Gasteiger partial charge in [0.2, 0.25) is 0 Å². The molecule has 1 nitrogen and oxygen atoms in total. The molecule has 0 N–H and O–H groups in total. The first-order valence-electron chi connectivity index (χ1n) is 6.48. The van der Waals surface area contributed by atoms with Gasteiger partial charge in [-0.2, -0.15) is 0 Å². The zero-order valence-electron chi connectivity index (χ0n) is 10.0. The molecule has 0 amide bonds. The fraction of sp³-hybridized carbons (Fsp3) is 0.714. The molecule has 3 heteroatoms. The first-order chi connectivity index (χ1) is 8.09. The molecule has 4 saturated carbocycles. The molecule has 94 valence electrons. The summed E-state index contributed by atoms with van der Waals surface area (Å²) in [6.45, 7) is 3.61. The average Bonchev–Trinajstić information content (AvgIpc) is 2.21. The Bertz CT molecular complexity index is 383. The molecule has 0 aromatic heterocycles. The smallest absolute Gasteiger partial charge is 0.112 e. The zero-order valence-corrected chi connectivity index (χ0v) is 10.8. The first-order valence-corrected chi connectivity index (χ1v) is 7.86. The summed E-state index contributed by atoms with van der Waals surface area (Å²) in [5.74, 6) is 1.86. The Balaban J connectivity index is 1.84. The molecule has 4 rings (SSSR count). The van der Waals surface area contributed by atoms with Gasteiger partial charge in [0.25, 0.3) is 0 Å². The van der Waals surface area contributed by atoms with Gasteiger partial charge in [0.15, 0.2) is 0 Å². The fourth-order valence-corrected chi connectivity index (χ4v) is 5.25. The lowest BCUT2D eigenvalue weighted by Gasteiger charge is -2.54. The molecular weight excluding hydrogens is 235 g/mol. The summed E-state index contributed by atoms with van der Waals surface area (Å²) in [6.07, 6.45) is 6.08. The van der Waals surface area contributed by atoms with Gasteiger partial charge in [0.1, 0.15) is 5.67 Å². The van der Waals surface area contributed by atoms with Gasteiger partial charge in [0, 0.05) is 22.0 Å². The Morgan fingerprint density at radius 3 is 2.53 bits per heavy atom. The summed E-state index contributed by atoms with van der Waals surface area (Å²) >= 11 is 0. The van der Waals surface area contributed by atoms with Gasteiger partial charge in [-0.15, -0.1) is 6.58 Å². The van der Waals surface area contributed by atoms with Crippen LogP contribution >= 0.6 is 0 Å². The predicted molar refractivity (Wildman–Crippen MR) is 68.7 cm³/mol. The molecule has 4 aliphatic carbocycles. The highest BCUT2D eigenvalue weighted by Gasteiger charge is 2.53. The quantitative estimate of drug-likeness (QED) is 0.706. The topological polar surface area (TPSA) is 17.1 Å². The summed E-state index contributed by atoms with van der Waals surface area (Å²) in [5, 5.41) is 1.91. The van der Waals surface area contributed by atoms with Crippen molar-refractivity contribution < 1.29 is 8.60 Å². The van der Waals surface area contributed by atoms with Gasteiger partial charge in [-0.25, -0.2) is 4.39 Å². The van der Waals surface area contributed by atoms with Crippen molar-refractivity contribution in [2.75, 3.05) is 5.75 Å². The number of allylic oxidation sites excluding steroid dienone is 1. The molecule has 0 spiro atoms. The number of hydrogen-bond donors (Lipinski definition) is 0. The maximum Gasteiger partial charge on any atom is 0.112 e. The number of halogens is 1. The van der Waals surface area contributed by atoms with Crippen molar-refractivity contribution in [2.45, 2.75) is 37.8 Å². The lowest BCUT2D eigenvalue weighted by atomic mass is 9.53. The Morgan fingerprint density at radius 1 is 1.35 bits per heavy atom. The second kappa shape index (κ2) is 4.04. The van der Waals surface area contributed by atoms with Gasteiger partial charge in [-0.3, -0.25) is 4.21 Å². The Kier molecular flexibility index (Phi) is 2.77. The monoisotopic (exact) mass is 254 g/mol. The van der Waals surface area contributed by atoms with Crippen molar-refractivity contribution in [3.05, 3.63) is 23.6 Å². The van der Waals surface area contributed by atoms with E-state index in [0.717, 1.165) is 19.3 Å². The molecule has 4 aliphatic rings. The van der Waals surface area contributed by atoms with Crippen LogP contribution in [-0.4, -0.2) is 15.6 Å². The molecule has 0 radical (unpaired) electrons. The third kappa shape index (κ3) is 2.03. The molecule has 4 fully saturated rings. The largest absolute Gasteiger partial charge is 0.255 e. The lowest BCUT2D eigenvalue weighted by molar-refractivity contribution is -0.0406. The third-order valence-electron chi connectivity index (χ3n) is 4.61. The molecule has 0 heterocycles. The molecule has 0 aromatic rings. The van der Waals surface area contributed by atoms with Crippen molar-refractivity contribution in [1.82, 2.24) is 0 Å². The van der Waals surface area contributed by atoms with E-state index in [1.54, 1.807) is 6.08 Å². The number of rotatable bonds is 3. The third-order valence-corrected chi connectivity index (χ3v) is 5.71. The normalized spacial score (nSPS) is 47.4. The molecule has 0 saturated heterocycles. The minimum Gasteiger partial charge on any atom is -0.255 e. The standard InChI is InChI=1S/C14H19FOS/c1-2-3-17(16)9-13-11-4-10-5-12(13)8-14(15,6-10)7-11/h2,9-12H,1,3-8H2/t10?,11-,12+,14?,17?. The van der Waals surface area contributed by atoms with Crippen molar-refractivity contribution in [2.24, 2.45) is 17.8 Å².